The molecule has 0 aromatic heterocycles. The highest BCUT2D eigenvalue weighted by atomic mass is 79.9. The zero-order valence-corrected chi connectivity index (χ0v) is 8.11. The van der Waals surface area contributed by atoms with Crippen LogP contribution in [0.25, 0.3) is 0 Å². The van der Waals surface area contributed by atoms with Crippen LogP contribution in [-0.2, 0) is 9.59 Å². The number of alkyl halides is 1. The summed E-state index contributed by atoms with van der Waals surface area (Å²) in [5, 5.41) is 3.03. The first kappa shape index (κ1) is 10.6. The van der Waals surface area contributed by atoms with Crippen molar-refractivity contribution in [3.8, 4) is 0 Å². The molecule has 1 amide bonds. The minimum absolute atomic E-state index is 0.0451. The monoisotopic (exact) mass is 221 g/mol. The van der Waals surface area contributed by atoms with E-state index in [2.05, 4.69) is 21.2 Å². The highest BCUT2D eigenvalue weighted by Gasteiger charge is 1.98. The number of halogens is 1. The van der Waals surface area contributed by atoms with Crippen molar-refractivity contribution in [3.63, 3.8) is 0 Å². The first-order valence-corrected chi connectivity index (χ1v) is 4.61. The molecule has 0 unspecified atom stereocenters. The molecule has 0 aromatic rings. The van der Waals surface area contributed by atoms with E-state index >= 15 is 0 Å². The van der Waals surface area contributed by atoms with Crippen molar-refractivity contribution in [1.29, 1.82) is 0 Å². The van der Waals surface area contributed by atoms with Crippen molar-refractivity contribution in [1.82, 2.24) is 5.32 Å². The third-order valence-electron chi connectivity index (χ3n) is 1.16. The largest absolute Gasteiger partial charge is 0.356 e. The summed E-state index contributed by atoms with van der Waals surface area (Å²) in [5.74, 6) is 0.131. The van der Waals surface area contributed by atoms with Crippen molar-refractivity contribution in [2.75, 3.05) is 11.9 Å². The summed E-state index contributed by atoms with van der Waals surface area (Å²) in [6, 6.07) is 0. The molecule has 0 bridgehead atoms. The Labute approximate surface area is 74.7 Å². The first-order chi connectivity index (χ1) is 5.16. The Morgan fingerprint density at radius 3 is 2.55 bits per heavy atom. The van der Waals surface area contributed by atoms with E-state index in [0.29, 0.717) is 18.3 Å². The minimum atomic E-state index is -0.0451. The predicted octanol–water partition coefficient (Wildman–Crippen LogP) is 0.867. The highest BCUT2D eigenvalue weighted by Crippen LogP contribution is 1.92. The molecule has 0 spiro atoms. The average Bonchev–Trinajstić information content (AvgIpc) is 1.97. The average molecular weight is 222 g/mol. The number of ketones is 1. The molecule has 0 aliphatic heterocycles. The van der Waals surface area contributed by atoms with Crippen LogP contribution in [0.15, 0.2) is 0 Å². The quantitative estimate of drug-likeness (QED) is 0.554. The van der Waals surface area contributed by atoms with Crippen molar-refractivity contribution >= 4 is 27.6 Å². The van der Waals surface area contributed by atoms with Gasteiger partial charge in [-0.1, -0.05) is 15.9 Å². The zero-order valence-electron chi connectivity index (χ0n) is 6.52. The number of amides is 1. The third-order valence-corrected chi connectivity index (χ3v) is 1.78. The summed E-state index contributed by atoms with van der Waals surface area (Å²) in [6.45, 7) is 2.06. The van der Waals surface area contributed by atoms with Crippen LogP contribution in [0.1, 0.15) is 19.8 Å². The number of hydrogen-bond donors (Lipinski definition) is 1. The lowest BCUT2D eigenvalue weighted by molar-refractivity contribution is -0.119. The third kappa shape index (κ3) is 7.52. The second-order valence-corrected chi connectivity index (χ2v) is 2.82. The number of rotatable bonds is 5. The lowest BCUT2D eigenvalue weighted by Crippen LogP contribution is -2.21. The molecule has 0 heterocycles. The van der Waals surface area contributed by atoms with Gasteiger partial charge in [0.1, 0.15) is 5.78 Å². The van der Waals surface area contributed by atoms with Crippen molar-refractivity contribution < 1.29 is 9.59 Å². The molecule has 0 atom stereocenters. The molecular formula is C7H12BrNO2. The van der Waals surface area contributed by atoms with Crippen molar-refractivity contribution in [2.24, 2.45) is 0 Å². The van der Waals surface area contributed by atoms with Gasteiger partial charge in [-0.05, 0) is 6.42 Å². The second-order valence-electron chi connectivity index (χ2n) is 2.26. The minimum Gasteiger partial charge on any atom is -0.356 e. The lowest BCUT2D eigenvalue weighted by Gasteiger charge is -1.99. The smallest absolute Gasteiger partial charge is 0.216 e. The molecule has 3 nitrogen and oxygen atoms in total. The first-order valence-electron chi connectivity index (χ1n) is 3.49. The summed E-state index contributed by atoms with van der Waals surface area (Å²) in [4.78, 5) is 21.0. The van der Waals surface area contributed by atoms with Gasteiger partial charge in [0, 0.05) is 19.9 Å². The van der Waals surface area contributed by atoms with Crippen LogP contribution in [0.3, 0.4) is 0 Å². The standard InChI is InChI=1S/C7H12BrNO2/c1-6(10)9-4-2-3-7(11)5-8/h2-5H2,1H3,(H,9,10). The van der Waals surface area contributed by atoms with E-state index in [0.717, 1.165) is 6.42 Å². The second kappa shape index (κ2) is 6.34. The van der Waals surface area contributed by atoms with E-state index in [1.165, 1.54) is 6.92 Å². The number of hydrogen-bond acceptors (Lipinski definition) is 2. The van der Waals surface area contributed by atoms with Crippen LogP contribution in [0.4, 0.5) is 0 Å². The van der Waals surface area contributed by atoms with Gasteiger partial charge in [0.15, 0.2) is 0 Å². The molecule has 11 heavy (non-hydrogen) atoms. The molecule has 0 radical (unpaired) electrons. The van der Waals surface area contributed by atoms with E-state index in [4.69, 9.17) is 0 Å². The van der Waals surface area contributed by atoms with Gasteiger partial charge in [-0.25, -0.2) is 0 Å². The topological polar surface area (TPSA) is 46.2 Å². The van der Waals surface area contributed by atoms with Gasteiger partial charge in [-0.2, -0.15) is 0 Å². The van der Waals surface area contributed by atoms with Gasteiger partial charge < -0.3 is 5.32 Å². The van der Waals surface area contributed by atoms with Crippen LogP contribution < -0.4 is 5.32 Å². The number of carbonyl (C=O) groups is 2. The Balaban J connectivity index is 3.14. The summed E-state index contributed by atoms with van der Waals surface area (Å²) in [5.41, 5.74) is 0. The Kier molecular flexibility index (Phi) is 6.12. The van der Waals surface area contributed by atoms with Crippen LogP contribution in [0.2, 0.25) is 0 Å². The molecule has 0 aromatic carbocycles. The predicted molar refractivity (Wildman–Crippen MR) is 46.7 cm³/mol. The van der Waals surface area contributed by atoms with Crippen molar-refractivity contribution in [2.45, 2.75) is 19.8 Å². The molecule has 0 fully saturated rings. The number of carbonyl (C=O) groups excluding carboxylic acids is 2. The van der Waals surface area contributed by atoms with Gasteiger partial charge in [0.2, 0.25) is 5.91 Å². The molecular weight excluding hydrogens is 210 g/mol. The Morgan fingerprint density at radius 1 is 1.45 bits per heavy atom. The van der Waals surface area contributed by atoms with Crippen LogP contribution in [0.5, 0.6) is 0 Å². The summed E-state index contributed by atoms with van der Waals surface area (Å²) in [7, 11) is 0. The van der Waals surface area contributed by atoms with Gasteiger partial charge >= 0.3 is 0 Å². The van der Waals surface area contributed by atoms with E-state index in [9.17, 15) is 9.59 Å². The highest BCUT2D eigenvalue weighted by molar-refractivity contribution is 9.09. The van der Waals surface area contributed by atoms with Gasteiger partial charge in [-0.15, -0.1) is 0 Å². The maximum absolute atomic E-state index is 10.7. The molecule has 0 aliphatic rings. The summed E-state index contributed by atoms with van der Waals surface area (Å²) < 4.78 is 0. The fraction of sp³-hybridized carbons (Fsp3) is 0.714. The SMILES string of the molecule is CC(=O)NCCCC(=O)CBr. The molecule has 0 aliphatic carbocycles. The van der Waals surface area contributed by atoms with E-state index in [-0.39, 0.29) is 11.7 Å². The Morgan fingerprint density at radius 2 is 2.09 bits per heavy atom. The van der Waals surface area contributed by atoms with E-state index in [1.807, 2.05) is 0 Å². The van der Waals surface area contributed by atoms with Crippen LogP contribution >= 0.6 is 15.9 Å². The Bertz CT molecular complexity index is 147. The molecule has 64 valence electrons. The summed E-state index contributed by atoms with van der Waals surface area (Å²) in [6.07, 6.45) is 1.26. The van der Waals surface area contributed by atoms with Gasteiger partial charge in [-0.3, -0.25) is 9.59 Å². The molecule has 1 N–H and O–H groups in total. The van der Waals surface area contributed by atoms with E-state index in [1.54, 1.807) is 0 Å². The fourth-order valence-corrected chi connectivity index (χ4v) is 0.897. The molecule has 0 saturated carbocycles. The maximum Gasteiger partial charge on any atom is 0.216 e. The maximum atomic E-state index is 10.7. The van der Waals surface area contributed by atoms with Crippen LogP contribution in [-0.4, -0.2) is 23.6 Å². The Hall–Kier alpha value is -0.380. The lowest BCUT2D eigenvalue weighted by atomic mass is 10.2. The van der Waals surface area contributed by atoms with Gasteiger partial charge in [0.25, 0.3) is 0 Å². The molecule has 0 rings (SSSR count). The fourth-order valence-electron chi connectivity index (χ4n) is 0.617. The zero-order chi connectivity index (χ0) is 8.69. The summed E-state index contributed by atoms with van der Waals surface area (Å²) >= 11 is 3.06. The van der Waals surface area contributed by atoms with Crippen molar-refractivity contribution in [3.05, 3.63) is 0 Å². The number of nitrogens with one attached hydrogen (secondary N) is 1. The number of Topliss-reactive ketones (excluding diaryl/α,β-unsaturated/α-hetero) is 1. The normalized spacial score (nSPS) is 9.27. The van der Waals surface area contributed by atoms with Crippen LogP contribution in [0, 0.1) is 0 Å². The molecule has 4 heteroatoms. The van der Waals surface area contributed by atoms with Gasteiger partial charge in [0.05, 0.1) is 5.33 Å². The molecule has 0 saturated heterocycles. The van der Waals surface area contributed by atoms with E-state index < -0.39 is 0 Å².